The fourth-order valence-electron chi connectivity index (χ4n) is 4.01. The summed E-state index contributed by atoms with van der Waals surface area (Å²) < 4.78 is 15.8. The van der Waals surface area contributed by atoms with Crippen LogP contribution in [0.25, 0.3) is 0 Å². The lowest BCUT2D eigenvalue weighted by Gasteiger charge is -2.18. The van der Waals surface area contributed by atoms with Gasteiger partial charge in [-0.05, 0) is 60.5 Å². The minimum absolute atomic E-state index is 0.130. The molecule has 1 heterocycles. The summed E-state index contributed by atoms with van der Waals surface area (Å²) >= 11 is 12.3. The number of nitrogens with zero attached hydrogens (tertiary/aromatic N) is 1. The summed E-state index contributed by atoms with van der Waals surface area (Å²) in [6.07, 6.45) is 0.575. The molecule has 3 aromatic rings. The molecule has 11 heteroatoms. The summed E-state index contributed by atoms with van der Waals surface area (Å²) in [5, 5.41) is 5.77. The number of imide groups is 1. The van der Waals surface area contributed by atoms with Gasteiger partial charge in [0, 0.05) is 22.8 Å². The number of anilines is 2. The van der Waals surface area contributed by atoms with Crippen LogP contribution in [0.5, 0.6) is 17.2 Å². The van der Waals surface area contributed by atoms with Crippen LogP contribution in [0, 0.1) is 0 Å². The van der Waals surface area contributed by atoms with Gasteiger partial charge in [0.1, 0.15) is 16.5 Å². The van der Waals surface area contributed by atoms with Crippen molar-refractivity contribution in [2.75, 3.05) is 38.1 Å². The van der Waals surface area contributed by atoms with Crippen molar-refractivity contribution in [3.8, 4) is 17.2 Å². The van der Waals surface area contributed by atoms with Crippen LogP contribution >= 0.6 is 23.2 Å². The molecule has 39 heavy (non-hydrogen) atoms. The van der Waals surface area contributed by atoms with E-state index in [0.29, 0.717) is 40.7 Å². The Bertz CT molecular complexity index is 1470. The minimum atomic E-state index is -0.728. The number of ether oxygens (including phenoxy) is 3. The maximum absolute atomic E-state index is 13.2. The zero-order chi connectivity index (χ0) is 28.1. The van der Waals surface area contributed by atoms with Gasteiger partial charge < -0.3 is 24.8 Å². The highest BCUT2D eigenvalue weighted by Crippen LogP contribution is 2.37. The molecule has 1 aliphatic rings. The molecule has 1 aliphatic heterocycles. The number of benzene rings is 3. The van der Waals surface area contributed by atoms with Crippen LogP contribution in [0.1, 0.15) is 15.9 Å². The molecule has 9 nitrogen and oxygen atoms in total. The third-order valence-corrected chi connectivity index (χ3v) is 6.54. The first-order valence-corrected chi connectivity index (χ1v) is 12.5. The monoisotopic (exact) mass is 569 g/mol. The number of hydrogen-bond donors (Lipinski definition) is 2. The molecule has 0 atom stereocenters. The topological polar surface area (TPSA) is 106 Å². The second kappa shape index (κ2) is 12.1. The maximum Gasteiger partial charge on any atom is 0.283 e. The standard InChI is InChI=1S/C28H25Cl2N3O6/c1-37-21-10-8-18(29)15-20(21)33-27(35)24(30)25(28(33)36)32-19-6-4-5-17(14-19)26(34)31-12-11-16-7-9-22(38-2)23(13-16)39-3/h4-10,13-15,32H,11-12H2,1-3H3,(H,31,34). The smallest absolute Gasteiger partial charge is 0.283 e. The first-order valence-electron chi connectivity index (χ1n) is 11.8. The van der Waals surface area contributed by atoms with Crippen LogP contribution in [-0.4, -0.2) is 45.6 Å². The van der Waals surface area contributed by atoms with Gasteiger partial charge in [-0.1, -0.05) is 35.3 Å². The fourth-order valence-corrected chi connectivity index (χ4v) is 4.39. The Labute approximate surface area is 235 Å². The molecule has 0 unspecified atom stereocenters. The zero-order valence-corrected chi connectivity index (χ0v) is 22.9. The zero-order valence-electron chi connectivity index (χ0n) is 21.3. The molecule has 0 radical (unpaired) electrons. The predicted octanol–water partition coefficient (Wildman–Crippen LogP) is 4.77. The van der Waals surface area contributed by atoms with Gasteiger partial charge in [-0.25, -0.2) is 4.90 Å². The molecule has 3 aromatic carbocycles. The molecule has 0 saturated carbocycles. The van der Waals surface area contributed by atoms with E-state index in [-0.39, 0.29) is 28.1 Å². The molecule has 0 bridgehead atoms. The van der Waals surface area contributed by atoms with Gasteiger partial charge in [0.15, 0.2) is 11.5 Å². The van der Waals surface area contributed by atoms with E-state index < -0.39 is 11.8 Å². The van der Waals surface area contributed by atoms with Crippen LogP contribution in [0.15, 0.2) is 71.4 Å². The first kappa shape index (κ1) is 27.8. The van der Waals surface area contributed by atoms with E-state index in [4.69, 9.17) is 37.4 Å². The van der Waals surface area contributed by atoms with Crippen molar-refractivity contribution >= 4 is 52.3 Å². The lowest BCUT2D eigenvalue weighted by molar-refractivity contribution is -0.120. The van der Waals surface area contributed by atoms with Gasteiger partial charge in [-0.2, -0.15) is 0 Å². The van der Waals surface area contributed by atoms with Gasteiger partial charge in [-0.15, -0.1) is 0 Å². The highest BCUT2D eigenvalue weighted by atomic mass is 35.5. The van der Waals surface area contributed by atoms with Crippen LogP contribution < -0.4 is 29.7 Å². The van der Waals surface area contributed by atoms with E-state index in [0.717, 1.165) is 10.5 Å². The van der Waals surface area contributed by atoms with E-state index in [2.05, 4.69) is 10.6 Å². The first-order chi connectivity index (χ1) is 18.8. The molecule has 4 rings (SSSR count). The molecular formula is C28H25Cl2N3O6. The van der Waals surface area contributed by atoms with Crippen molar-refractivity contribution in [2.24, 2.45) is 0 Å². The third kappa shape index (κ3) is 5.94. The number of carbonyl (C=O) groups is 3. The normalized spacial score (nSPS) is 13.0. The summed E-state index contributed by atoms with van der Waals surface area (Å²) in [5.74, 6) is -0.205. The van der Waals surface area contributed by atoms with Crippen LogP contribution in [-0.2, 0) is 16.0 Å². The van der Waals surface area contributed by atoms with E-state index in [1.807, 2.05) is 18.2 Å². The van der Waals surface area contributed by atoms with Gasteiger partial charge in [0.05, 0.1) is 27.0 Å². The van der Waals surface area contributed by atoms with Crippen LogP contribution in [0.4, 0.5) is 11.4 Å². The van der Waals surface area contributed by atoms with Gasteiger partial charge in [0.2, 0.25) is 0 Å². The fraction of sp³-hybridized carbons (Fsp3) is 0.179. The number of hydrogen-bond acceptors (Lipinski definition) is 7. The second-order valence-electron chi connectivity index (χ2n) is 8.35. The highest BCUT2D eigenvalue weighted by molar-refractivity contribution is 6.53. The highest BCUT2D eigenvalue weighted by Gasteiger charge is 2.40. The number of methoxy groups -OCH3 is 3. The number of halogens is 2. The van der Waals surface area contributed by atoms with Crippen LogP contribution in [0.3, 0.4) is 0 Å². The minimum Gasteiger partial charge on any atom is -0.495 e. The van der Waals surface area contributed by atoms with Crippen molar-refractivity contribution in [3.05, 3.63) is 87.5 Å². The lowest BCUT2D eigenvalue weighted by atomic mass is 10.1. The Morgan fingerprint density at radius 2 is 1.56 bits per heavy atom. The summed E-state index contributed by atoms with van der Waals surface area (Å²) in [4.78, 5) is 39.8. The van der Waals surface area contributed by atoms with Gasteiger partial charge in [0.25, 0.3) is 17.7 Å². The number of rotatable bonds is 10. The summed E-state index contributed by atoms with van der Waals surface area (Å²) in [5.41, 5.74) is 1.76. The van der Waals surface area contributed by atoms with E-state index >= 15 is 0 Å². The number of carbonyl (C=O) groups excluding carboxylic acids is 3. The summed E-state index contributed by atoms with van der Waals surface area (Å²) in [7, 11) is 4.54. The Kier molecular flexibility index (Phi) is 8.63. The quantitative estimate of drug-likeness (QED) is 0.338. The van der Waals surface area contributed by atoms with E-state index in [9.17, 15) is 14.4 Å². The Morgan fingerprint density at radius 3 is 2.28 bits per heavy atom. The Morgan fingerprint density at radius 1 is 0.846 bits per heavy atom. The molecule has 0 saturated heterocycles. The van der Waals surface area contributed by atoms with Crippen LogP contribution in [0.2, 0.25) is 5.02 Å². The lowest BCUT2D eigenvalue weighted by Crippen LogP contribution is -2.32. The number of amides is 3. The van der Waals surface area contributed by atoms with Gasteiger partial charge in [-0.3, -0.25) is 14.4 Å². The van der Waals surface area contributed by atoms with E-state index in [1.54, 1.807) is 50.6 Å². The summed E-state index contributed by atoms with van der Waals surface area (Å²) in [6, 6.07) is 16.6. The van der Waals surface area contributed by atoms with Crippen molar-refractivity contribution in [1.29, 1.82) is 0 Å². The SMILES string of the molecule is COc1ccc(CCNC(=O)c2cccc(NC3=C(Cl)C(=O)N(c4cc(Cl)ccc4OC)C3=O)c2)cc1OC. The molecule has 2 N–H and O–H groups in total. The van der Waals surface area contributed by atoms with Crippen molar-refractivity contribution < 1.29 is 28.6 Å². The van der Waals surface area contributed by atoms with E-state index in [1.165, 1.54) is 13.2 Å². The molecule has 0 fully saturated rings. The molecule has 0 aromatic heterocycles. The maximum atomic E-state index is 13.2. The Hall–Kier alpha value is -4.21. The Balaban J connectivity index is 1.44. The molecule has 0 spiro atoms. The number of nitrogens with one attached hydrogen (secondary N) is 2. The average Bonchev–Trinajstić information content (AvgIpc) is 3.15. The molecule has 202 valence electrons. The molecular weight excluding hydrogens is 545 g/mol. The average molecular weight is 570 g/mol. The van der Waals surface area contributed by atoms with Crippen molar-refractivity contribution in [1.82, 2.24) is 5.32 Å². The molecule has 3 amide bonds. The summed E-state index contributed by atoms with van der Waals surface area (Å²) in [6.45, 7) is 0.381. The second-order valence-corrected chi connectivity index (χ2v) is 9.17. The molecule has 0 aliphatic carbocycles. The largest absolute Gasteiger partial charge is 0.495 e. The van der Waals surface area contributed by atoms with Crippen molar-refractivity contribution in [3.63, 3.8) is 0 Å². The predicted molar refractivity (Wildman–Crippen MR) is 149 cm³/mol. The third-order valence-electron chi connectivity index (χ3n) is 5.95. The van der Waals surface area contributed by atoms with Gasteiger partial charge >= 0.3 is 0 Å². The van der Waals surface area contributed by atoms with Crippen molar-refractivity contribution in [2.45, 2.75) is 6.42 Å².